The normalized spacial score (nSPS) is 15.6. The summed E-state index contributed by atoms with van der Waals surface area (Å²) in [5.41, 5.74) is -0.875. The first-order valence-electron chi connectivity index (χ1n) is 7.46. The summed E-state index contributed by atoms with van der Waals surface area (Å²) in [6.45, 7) is 6.36. The monoisotopic (exact) mass is 357 g/mol. The maximum absolute atomic E-state index is 11.1. The average molecular weight is 358 g/mol. The van der Waals surface area contributed by atoms with E-state index in [2.05, 4.69) is 23.9 Å². The second kappa shape index (κ2) is 7.62. The highest BCUT2D eigenvalue weighted by molar-refractivity contribution is 6.35. The molecule has 2 unspecified atom stereocenters. The molecule has 2 atom stereocenters. The van der Waals surface area contributed by atoms with Crippen molar-refractivity contribution < 1.29 is 9.84 Å². The molecule has 1 aromatic carbocycles. The quantitative estimate of drug-likeness (QED) is 0.811. The van der Waals surface area contributed by atoms with Crippen molar-refractivity contribution in [3.05, 3.63) is 46.5 Å². The molecule has 0 fully saturated rings. The molecule has 5 nitrogen and oxygen atoms in total. The molecule has 0 radical (unpaired) electrons. The zero-order valence-corrected chi connectivity index (χ0v) is 14.9. The van der Waals surface area contributed by atoms with Crippen LogP contribution in [-0.2, 0) is 10.3 Å². The number of hydrogen-bond donors (Lipinski definition) is 1. The number of aliphatic hydroxyl groups is 1. The molecule has 2 rings (SSSR count). The van der Waals surface area contributed by atoms with Gasteiger partial charge in [0.2, 0.25) is 0 Å². The van der Waals surface area contributed by atoms with E-state index in [1.54, 1.807) is 25.1 Å². The summed E-state index contributed by atoms with van der Waals surface area (Å²) in [5.74, 6) is 0.496. The Morgan fingerprint density at radius 2 is 2.09 bits per heavy atom. The highest BCUT2D eigenvalue weighted by atomic mass is 35.5. The number of benzene rings is 1. The van der Waals surface area contributed by atoms with Crippen LogP contribution in [0.4, 0.5) is 0 Å². The molecule has 0 aliphatic rings. The molecule has 0 bridgehead atoms. The largest absolute Gasteiger partial charge is 0.381 e. The molecular formula is C16H21Cl2N3O2. The van der Waals surface area contributed by atoms with E-state index in [-0.39, 0.29) is 0 Å². The molecule has 1 N–H and O–H groups in total. The Morgan fingerprint density at radius 1 is 1.35 bits per heavy atom. The fourth-order valence-corrected chi connectivity index (χ4v) is 2.88. The number of rotatable bonds is 7. The van der Waals surface area contributed by atoms with Gasteiger partial charge in [0, 0.05) is 22.2 Å². The van der Waals surface area contributed by atoms with Crippen molar-refractivity contribution in [2.24, 2.45) is 5.92 Å². The summed E-state index contributed by atoms with van der Waals surface area (Å²) >= 11 is 12.2. The molecule has 126 valence electrons. The van der Waals surface area contributed by atoms with Crippen LogP contribution in [0, 0.1) is 5.92 Å². The number of nitrogens with zero attached hydrogens (tertiary/aromatic N) is 3. The van der Waals surface area contributed by atoms with Gasteiger partial charge in [-0.3, -0.25) is 0 Å². The lowest BCUT2D eigenvalue weighted by Gasteiger charge is -2.33. The van der Waals surface area contributed by atoms with Crippen LogP contribution < -0.4 is 0 Å². The fraction of sp³-hybridized carbons (Fsp3) is 0.500. The third-order valence-corrected chi connectivity index (χ3v) is 4.15. The molecule has 0 saturated carbocycles. The minimum Gasteiger partial charge on any atom is -0.381 e. The third kappa shape index (κ3) is 4.44. The van der Waals surface area contributed by atoms with Gasteiger partial charge in [0.1, 0.15) is 18.3 Å². The van der Waals surface area contributed by atoms with Crippen LogP contribution in [0.1, 0.15) is 39.0 Å². The van der Waals surface area contributed by atoms with Crippen molar-refractivity contribution >= 4 is 23.2 Å². The maximum atomic E-state index is 11.1. The Kier molecular flexibility index (Phi) is 6.03. The Balaban J connectivity index is 2.32. The molecule has 0 amide bonds. The van der Waals surface area contributed by atoms with E-state index in [0.717, 1.165) is 6.42 Å². The van der Waals surface area contributed by atoms with Gasteiger partial charge in [0.15, 0.2) is 6.23 Å². The topological polar surface area (TPSA) is 60.2 Å². The molecule has 2 aromatic rings. The van der Waals surface area contributed by atoms with E-state index in [9.17, 15) is 5.11 Å². The summed E-state index contributed by atoms with van der Waals surface area (Å²) in [4.78, 5) is 3.94. The van der Waals surface area contributed by atoms with Crippen molar-refractivity contribution in [2.75, 3.05) is 6.61 Å². The van der Waals surface area contributed by atoms with E-state index in [1.807, 2.05) is 0 Å². The molecule has 0 spiro atoms. The number of ether oxygens (including phenoxy) is 1. The standard InChI is InChI=1S/C16H21Cl2N3O2/c1-11(2)6-7-23-15(21-10-19-9-20-21)16(3,22)13-5-4-12(17)8-14(13)18/h4-5,8-11,15,22H,6-7H2,1-3H3. The highest BCUT2D eigenvalue weighted by Gasteiger charge is 2.38. The third-order valence-electron chi connectivity index (χ3n) is 3.61. The number of hydrogen-bond acceptors (Lipinski definition) is 4. The van der Waals surface area contributed by atoms with Gasteiger partial charge in [-0.1, -0.05) is 43.1 Å². The van der Waals surface area contributed by atoms with E-state index in [4.69, 9.17) is 27.9 Å². The summed E-state index contributed by atoms with van der Waals surface area (Å²) in [5, 5.41) is 16.1. The van der Waals surface area contributed by atoms with Crippen molar-refractivity contribution in [3.8, 4) is 0 Å². The minimum absolute atomic E-state index is 0.375. The van der Waals surface area contributed by atoms with Gasteiger partial charge in [0.25, 0.3) is 0 Å². The van der Waals surface area contributed by atoms with Gasteiger partial charge < -0.3 is 9.84 Å². The molecular weight excluding hydrogens is 337 g/mol. The van der Waals surface area contributed by atoms with Gasteiger partial charge in [-0.15, -0.1) is 0 Å². The lowest BCUT2D eigenvalue weighted by Crippen LogP contribution is -2.37. The summed E-state index contributed by atoms with van der Waals surface area (Å²) in [6.07, 6.45) is 3.04. The Morgan fingerprint density at radius 3 is 2.65 bits per heavy atom. The van der Waals surface area contributed by atoms with E-state index in [1.165, 1.54) is 17.3 Å². The van der Waals surface area contributed by atoms with Crippen molar-refractivity contribution in [1.82, 2.24) is 14.8 Å². The first-order valence-corrected chi connectivity index (χ1v) is 8.21. The summed E-state index contributed by atoms with van der Waals surface area (Å²) in [6, 6.07) is 4.98. The Hall–Kier alpha value is -1.14. The van der Waals surface area contributed by atoms with E-state index >= 15 is 0 Å². The number of aromatic nitrogens is 3. The molecule has 1 heterocycles. The molecule has 0 saturated heterocycles. The molecule has 23 heavy (non-hydrogen) atoms. The average Bonchev–Trinajstić information content (AvgIpc) is 2.96. The highest BCUT2D eigenvalue weighted by Crippen LogP contribution is 2.38. The van der Waals surface area contributed by atoms with E-state index in [0.29, 0.717) is 28.1 Å². The fourth-order valence-electron chi connectivity index (χ4n) is 2.28. The lowest BCUT2D eigenvalue weighted by molar-refractivity contribution is -0.151. The summed E-state index contributed by atoms with van der Waals surface area (Å²) in [7, 11) is 0. The molecule has 0 aliphatic carbocycles. The lowest BCUT2D eigenvalue weighted by atomic mass is 9.94. The van der Waals surface area contributed by atoms with Gasteiger partial charge >= 0.3 is 0 Å². The van der Waals surface area contributed by atoms with Crippen LogP contribution >= 0.6 is 23.2 Å². The van der Waals surface area contributed by atoms with Crippen LogP contribution in [0.3, 0.4) is 0 Å². The SMILES string of the molecule is CC(C)CCOC(n1cncn1)C(C)(O)c1ccc(Cl)cc1Cl. The zero-order valence-electron chi connectivity index (χ0n) is 13.4. The van der Waals surface area contributed by atoms with Crippen molar-refractivity contribution in [2.45, 2.75) is 39.0 Å². The molecule has 0 aliphatic heterocycles. The van der Waals surface area contributed by atoms with Crippen molar-refractivity contribution in [3.63, 3.8) is 0 Å². The van der Waals surface area contributed by atoms with Gasteiger partial charge in [0.05, 0.1) is 0 Å². The van der Waals surface area contributed by atoms with Crippen molar-refractivity contribution in [1.29, 1.82) is 0 Å². The van der Waals surface area contributed by atoms with Crippen LogP contribution in [0.15, 0.2) is 30.9 Å². The smallest absolute Gasteiger partial charge is 0.184 e. The second-order valence-electron chi connectivity index (χ2n) is 6.05. The first kappa shape index (κ1) is 18.2. The predicted octanol–water partition coefficient (Wildman–Crippen LogP) is 4.05. The molecule has 7 heteroatoms. The van der Waals surface area contributed by atoms with Crippen LogP contribution in [0.5, 0.6) is 0 Å². The zero-order chi connectivity index (χ0) is 17.0. The minimum atomic E-state index is -1.40. The summed E-state index contributed by atoms with van der Waals surface area (Å²) < 4.78 is 7.41. The molecule has 1 aromatic heterocycles. The first-order chi connectivity index (χ1) is 10.8. The maximum Gasteiger partial charge on any atom is 0.184 e. The van der Waals surface area contributed by atoms with Gasteiger partial charge in [-0.25, -0.2) is 9.67 Å². The van der Waals surface area contributed by atoms with Crippen LogP contribution in [0.2, 0.25) is 10.0 Å². The van der Waals surface area contributed by atoms with Gasteiger partial charge in [-0.05, 0) is 31.4 Å². The van der Waals surface area contributed by atoms with Gasteiger partial charge in [-0.2, -0.15) is 5.10 Å². The van der Waals surface area contributed by atoms with Crippen LogP contribution in [0.25, 0.3) is 0 Å². The van der Waals surface area contributed by atoms with Crippen LogP contribution in [-0.4, -0.2) is 26.5 Å². The predicted molar refractivity (Wildman–Crippen MR) is 90.5 cm³/mol. The Labute approximate surface area is 146 Å². The number of halogens is 2. The van der Waals surface area contributed by atoms with E-state index < -0.39 is 11.8 Å². The Bertz CT molecular complexity index is 630. The second-order valence-corrected chi connectivity index (χ2v) is 6.90.